The number of hydrogen-bond donors (Lipinski definition) is 3. The summed E-state index contributed by atoms with van der Waals surface area (Å²) in [5, 5.41) is 0. The van der Waals surface area contributed by atoms with Gasteiger partial charge in [-0.3, -0.25) is 25.2 Å². The first-order valence-electron chi connectivity index (χ1n) is 10.0. The van der Waals surface area contributed by atoms with E-state index in [1.54, 1.807) is 60.7 Å². The molecule has 0 fully saturated rings. The number of rotatable bonds is 8. The first kappa shape index (κ1) is 23.1. The van der Waals surface area contributed by atoms with Crippen molar-refractivity contribution in [3.8, 4) is 23.0 Å². The molecule has 0 spiro atoms. The molecule has 0 saturated heterocycles. The van der Waals surface area contributed by atoms with Gasteiger partial charge in [-0.2, -0.15) is 0 Å². The monoisotopic (exact) mass is 449 g/mol. The second-order valence-electron chi connectivity index (χ2n) is 6.72. The van der Waals surface area contributed by atoms with Gasteiger partial charge in [0.15, 0.2) is 11.5 Å². The lowest BCUT2D eigenvalue weighted by Crippen LogP contribution is -2.41. The van der Waals surface area contributed by atoms with Gasteiger partial charge in [-0.05, 0) is 73.7 Å². The van der Waals surface area contributed by atoms with Crippen LogP contribution in [-0.2, 0) is 0 Å². The van der Waals surface area contributed by atoms with Gasteiger partial charge in [0, 0.05) is 16.7 Å². The van der Waals surface area contributed by atoms with Gasteiger partial charge in [-0.1, -0.05) is 0 Å². The summed E-state index contributed by atoms with van der Waals surface area (Å²) in [4.78, 5) is 35.8. The normalized spacial score (nSPS) is 10.1. The topological polar surface area (TPSA) is 129 Å². The van der Waals surface area contributed by atoms with Crippen LogP contribution in [0.5, 0.6) is 23.0 Å². The van der Waals surface area contributed by atoms with Gasteiger partial charge in [-0.25, -0.2) is 0 Å². The maximum absolute atomic E-state index is 12.4. The van der Waals surface area contributed by atoms with Gasteiger partial charge in [0.25, 0.3) is 11.8 Å². The van der Waals surface area contributed by atoms with Gasteiger partial charge in [0.1, 0.15) is 11.5 Å². The van der Waals surface area contributed by atoms with Crippen molar-refractivity contribution in [2.24, 2.45) is 5.73 Å². The van der Waals surface area contributed by atoms with Crippen LogP contribution in [0, 0.1) is 0 Å². The van der Waals surface area contributed by atoms with Crippen molar-refractivity contribution in [2.45, 2.75) is 6.92 Å². The molecule has 9 nitrogen and oxygen atoms in total. The van der Waals surface area contributed by atoms with Crippen LogP contribution in [0.25, 0.3) is 0 Å². The van der Waals surface area contributed by atoms with Crippen LogP contribution < -0.4 is 30.8 Å². The second kappa shape index (κ2) is 10.7. The van der Waals surface area contributed by atoms with Crippen LogP contribution in [0.3, 0.4) is 0 Å². The summed E-state index contributed by atoms with van der Waals surface area (Å²) >= 11 is 0. The van der Waals surface area contributed by atoms with E-state index in [1.807, 2.05) is 6.92 Å². The maximum atomic E-state index is 12.4. The Kier molecular flexibility index (Phi) is 7.48. The summed E-state index contributed by atoms with van der Waals surface area (Å²) in [6, 6.07) is 17.4. The van der Waals surface area contributed by atoms with E-state index in [-0.39, 0.29) is 0 Å². The molecule has 33 heavy (non-hydrogen) atoms. The Morgan fingerprint density at radius 3 is 1.79 bits per heavy atom. The van der Waals surface area contributed by atoms with E-state index in [0.29, 0.717) is 46.3 Å². The first-order valence-corrected chi connectivity index (χ1v) is 10.0. The quantitative estimate of drug-likeness (QED) is 0.453. The first-order chi connectivity index (χ1) is 15.9. The van der Waals surface area contributed by atoms with E-state index in [2.05, 4.69) is 10.9 Å². The Bertz CT molecular complexity index is 1140. The molecular weight excluding hydrogens is 426 g/mol. The van der Waals surface area contributed by atoms with E-state index < -0.39 is 17.7 Å². The fourth-order valence-electron chi connectivity index (χ4n) is 2.84. The van der Waals surface area contributed by atoms with Crippen molar-refractivity contribution in [3.05, 3.63) is 83.4 Å². The fourth-order valence-corrected chi connectivity index (χ4v) is 2.84. The third-order valence-corrected chi connectivity index (χ3v) is 4.51. The molecule has 3 rings (SSSR count). The predicted molar refractivity (Wildman–Crippen MR) is 121 cm³/mol. The molecule has 0 atom stereocenters. The average Bonchev–Trinajstić information content (AvgIpc) is 2.83. The largest absolute Gasteiger partial charge is 0.493 e. The summed E-state index contributed by atoms with van der Waals surface area (Å²) in [6.45, 7) is 2.31. The zero-order chi connectivity index (χ0) is 23.8. The molecular formula is C24H23N3O6. The molecule has 4 N–H and O–H groups in total. The number of nitrogens with two attached hydrogens (primary N) is 1. The third kappa shape index (κ3) is 6.01. The predicted octanol–water partition coefficient (Wildman–Crippen LogP) is 3.06. The smallest absolute Gasteiger partial charge is 0.269 e. The molecule has 0 bridgehead atoms. The fraction of sp³-hybridized carbons (Fsp3) is 0.125. The number of ether oxygens (including phenoxy) is 3. The Labute approximate surface area is 190 Å². The van der Waals surface area contributed by atoms with Crippen molar-refractivity contribution in [2.75, 3.05) is 13.7 Å². The van der Waals surface area contributed by atoms with Crippen LogP contribution in [0.15, 0.2) is 66.7 Å². The Balaban J connectivity index is 1.57. The molecule has 0 aliphatic heterocycles. The number of hydrogen-bond acceptors (Lipinski definition) is 6. The molecule has 0 radical (unpaired) electrons. The van der Waals surface area contributed by atoms with Crippen LogP contribution in [-0.4, -0.2) is 31.4 Å². The number of carbonyl (C=O) groups excluding carboxylic acids is 3. The van der Waals surface area contributed by atoms with Gasteiger partial charge in [0.05, 0.1) is 13.7 Å². The summed E-state index contributed by atoms with van der Waals surface area (Å²) < 4.78 is 16.3. The molecule has 9 heteroatoms. The number of nitrogens with one attached hydrogen (secondary N) is 2. The van der Waals surface area contributed by atoms with E-state index in [9.17, 15) is 14.4 Å². The van der Waals surface area contributed by atoms with E-state index in [4.69, 9.17) is 19.9 Å². The standard InChI is InChI=1S/C24H23N3O6/c1-3-32-20-13-8-17(14-21(20)31-2)24(30)27-26-23(29)16-6-11-19(12-7-16)33-18-9-4-15(5-10-18)22(25)28/h4-14H,3H2,1-2H3,(H2,25,28)(H,26,29)(H,27,30). The lowest BCUT2D eigenvalue weighted by molar-refractivity contribution is 0.0846. The lowest BCUT2D eigenvalue weighted by atomic mass is 10.2. The molecule has 0 heterocycles. The average molecular weight is 449 g/mol. The van der Waals surface area contributed by atoms with Crippen molar-refractivity contribution >= 4 is 17.7 Å². The summed E-state index contributed by atoms with van der Waals surface area (Å²) in [5.74, 6) is 0.398. The van der Waals surface area contributed by atoms with E-state index in [0.717, 1.165) is 0 Å². The zero-order valence-electron chi connectivity index (χ0n) is 18.1. The molecule has 0 unspecified atom stereocenters. The van der Waals surface area contributed by atoms with Crippen LogP contribution in [0.2, 0.25) is 0 Å². The maximum Gasteiger partial charge on any atom is 0.269 e. The molecule has 3 aromatic rings. The molecule has 3 aromatic carbocycles. The molecule has 170 valence electrons. The highest BCUT2D eigenvalue weighted by atomic mass is 16.5. The van der Waals surface area contributed by atoms with Crippen molar-refractivity contribution < 1.29 is 28.6 Å². The Hall–Kier alpha value is -4.53. The molecule has 0 aliphatic carbocycles. The minimum Gasteiger partial charge on any atom is -0.493 e. The minimum absolute atomic E-state index is 0.293. The highest BCUT2D eigenvalue weighted by Crippen LogP contribution is 2.28. The number of hydrazine groups is 1. The van der Waals surface area contributed by atoms with Crippen LogP contribution in [0.1, 0.15) is 38.0 Å². The second-order valence-corrected chi connectivity index (χ2v) is 6.72. The summed E-state index contributed by atoms with van der Waals surface area (Å²) in [7, 11) is 1.48. The number of benzene rings is 3. The molecule has 3 amide bonds. The highest BCUT2D eigenvalue weighted by molar-refractivity contribution is 5.99. The number of amides is 3. The summed E-state index contributed by atoms with van der Waals surface area (Å²) in [6.07, 6.45) is 0. The highest BCUT2D eigenvalue weighted by Gasteiger charge is 2.13. The molecule has 0 aromatic heterocycles. The van der Waals surface area contributed by atoms with E-state index >= 15 is 0 Å². The number of carbonyl (C=O) groups is 3. The van der Waals surface area contributed by atoms with Crippen molar-refractivity contribution in [1.29, 1.82) is 0 Å². The third-order valence-electron chi connectivity index (χ3n) is 4.51. The minimum atomic E-state index is -0.523. The number of methoxy groups -OCH3 is 1. The van der Waals surface area contributed by atoms with Gasteiger partial charge < -0.3 is 19.9 Å². The van der Waals surface area contributed by atoms with Crippen molar-refractivity contribution in [3.63, 3.8) is 0 Å². The number of primary amides is 1. The van der Waals surface area contributed by atoms with Gasteiger partial charge in [-0.15, -0.1) is 0 Å². The Morgan fingerprint density at radius 1 is 0.758 bits per heavy atom. The van der Waals surface area contributed by atoms with Crippen molar-refractivity contribution in [1.82, 2.24) is 10.9 Å². The molecule has 0 saturated carbocycles. The molecule has 0 aliphatic rings. The lowest BCUT2D eigenvalue weighted by Gasteiger charge is -2.12. The SMILES string of the molecule is CCOc1ccc(C(=O)NNC(=O)c2ccc(Oc3ccc(C(N)=O)cc3)cc2)cc1OC. The van der Waals surface area contributed by atoms with Crippen LogP contribution >= 0.6 is 0 Å². The zero-order valence-corrected chi connectivity index (χ0v) is 18.1. The van der Waals surface area contributed by atoms with Gasteiger partial charge >= 0.3 is 0 Å². The Morgan fingerprint density at radius 2 is 1.27 bits per heavy atom. The summed E-state index contributed by atoms with van der Waals surface area (Å²) in [5.41, 5.74) is 10.9. The van der Waals surface area contributed by atoms with Crippen LogP contribution in [0.4, 0.5) is 0 Å². The van der Waals surface area contributed by atoms with Gasteiger partial charge in [0.2, 0.25) is 5.91 Å². The van der Waals surface area contributed by atoms with E-state index in [1.165, 1.54) is 13.2 Å².